The molecule has 5 nitrogen and oxygen atoms in total. The predicted octanol–water partition coefficient (Wildman–Crippen LogP) is 0.567. The lowest BCUT2D eigenvalue weighted by molar-refractivity contribution is -0.0234. The van der Waals surface area contributed by atoms with Crippen LogP contribution in [-0.2, 0) is 11.2 Å². The zero-order valence-corrected chi connectivity index (χ0v) is 11.8. The highest BCUT2D eigenvalue weighted by Crippen LogP contribution is 2.22. The molecule has 0 bridgehead atoms. The van der Waals surface area contributed by atoms with Gasteiger partial charge in [0.05, 0.1) is 13.2 Å². The summed E-state index contributed by atoms with van der Waals surface area (Å²) in [4.78, 5) is 6.82. The number of morpholine rings is 1. The zero-order chi connectivity index (χ0) is 13.7. The summed E-state index contributed by atoms with van der Waals surface area (Å²) in [6.07, 6.45) is 2.65. The lowest BCUT2D eigenvalue weighted by Gasteiger charge is -2.45. The molecule has 19 heavy (non-hydrogen) atoms. The highest BCUT2D eigenvalue weighted by Gasteiger charge is 2.35. The van der Waals surface area contributed by atoms with Gasteiger partial charge < -0.3 is 4.74 Å². The van der Waals surface area contributed by atoms with Gasteiger partial charge in [0, 0.05) is 43.0 Å². The summed E-state index contributed by atoms with van der Waals surface area (Å²) in [7, 11) is 0. The van der Waals surface area contributed by atoms with Crippen LogP contribution in [0.4, 0.5) is 0 Å². The first-order valence-corrected chi connectivity index (χ1v) is 6.83. The summed E-state index contributed by atoms with van der Waals surface area (Å²) in [6.45, 7) is 7.95. The highest BCUT2D eigenvalue weighted by atomic mass is 16.5. The first-order chi connectivity index (χ1) is 9.14. The summed E-state index contributed by atoms with van der Waals surface area (Å²) in [5.41, 5.74) is 4.00. The Bertz CT molecular complexity index is 376. The number of pyridine rings is 1. The summed E-state index contributed by atoms with van der Waals surface area (Å²) in [5, 5.41) is 0. The van der Waals surface area contributed by atoms with Crippen LogP contribution in [0.2, 0.25) is 0 Å². The monoisotopic (exact) mass is 264 g/mol. The van der Waals surface area contributed by atoms with Crippen molar-refractivity contribution in [3.8, 4) is 0 Å². The van der Waals surface area contributed by atoms with Crippen LogP contribution >= 0.6 is 0 Å². The van der Waals surface area contributed by atoms with Gasteiger partial charge in [-0.25, -0.2) is 0 Å². The molecule has 0 radical (unpaired) electrons. The van der Waals surface area contributed by atoms with Gasteiger partial charge in [0.15, 0.2) is 0 Å². The van der Waals surface area contributed by atoms with Crippen LogP contribution in [0.15, 0.2) is 24.4 Å². The molecule has 2 rings (SSSR count). The van der Waals surface area contributed by atoms with E-state index in [2.05, 4.69) is 29.2 Å². The third-order valence-electron chi connectivity index (χ3n) is 4.02. The van der Waals surface area contributed by atoms with Gasteiger partial charge in [-0.3, -0.25) is 21.2 Å². The molecule has 1 aliphatic heterocycles. The largest absolute Gasteiger partial charge is 0.379 e. The number of nitrogens with zero attached hydrogens (tertiary/aromatic N) is 2. The van der Waals surface area contributed by atoms with Crippen molar-refractivity contribution in [3.05, 3.63) is 30.1 Å². The summed E-state index contributed by atoms with van der Waals surface area (Å²) in [5.74, 6) is 5.78. The van der Waals surface area contributed by atoms with Crippen molar-refractivity contribution >= 4 is 0 Å². The molecule has 2 heterocycles. The Morgan fingerprint density at radius 3 is 2.74 bits per heavy atom. The molecule has 1 saturated heterocycles. The average molecular weight is 264 g/mol. The molecule has 106 valence electrons. The third kappa shape index (κ3) is 3.51. The molecule has 1 fully saturated rings. The van der Waals surface area contributed by atoms with Crippen LogP contribution in [-0.4, -0.2) is 47.8 Å². The first kappa shape index (κ1) is 14.4. The second-order valence-electron chi connectivity index (χ2n) is 5.50. The molecule has 5 heteroatoms. The number of ether oxygens (including phenoxy) is 1. The zero-order valence-electron chi connectivity index (χ0n) is 11.8. The minimum atomic E-state index is -0.0317. The number of hydrogen-bond donors (Lipinski definition) is 2. The van der Waals surface area contributed by atoms with E-state index in [1.54, 1.807) is 0 Å². The Morgan fingerprint density at radius 2 is 2.16 bits per heavy atom. The predicted molar refractivity (Wildman–Crippen MR) is 75.5 cm³/mol. The molecule has 0 amide bonds. The first-order valence-electron chi connectivity index (χ1n) is 6.83. The van der Waals surface area contributed by atoms with Crippen molar-refractivity contribution in [2.45, 2.75) is 31.8 Å². The van der Waals surface area contributed by atoms with Gasteiger partial charge in [-0.05, 0) is 26.0 Å². The minimum absolute atomic E-state index is 0.0317. The van der Waals surface area contributed by atoms with E-state index in [0.29, 0.717) is 0 Å². The van der Waals surface area contributed by atoms with Crippen LogP contribution in [0.5, 0.6) is 0 Å². The molecule has 0 spiro atoms. The molecular formula is C14H24N4O. The van der Waals surface area contributed by atoms with Crippen molar-refractivity contribution in [2.24, 2.45) is 5.84 Å². The molecule has 1 aromatic heterocycles. The van der Waals surface area contributed by atoms with Crippen molar-refractivity contribution in [2.75, 3.05) is 26.3 Å². The fourth-order valence-electron chi connectivity index (χ4n) is 2.60. The number of hydrogen-bond acceptors (Lipinski definition) is 5. The summed E-state index contributed by atoms with van der Waals surface area (Å²) < 4.78 is 5.42. The Morgan fingerprint density at radius 1 is 1.42 bits per heavy atom. The molecule has 1 aromatic rings. The maximum absolute atomic E-state index is 5.78. The molecule has 1 unspecified atom stereocenters. The molecule has 0 aromatic carbocycles. The Kier molecular flexibility index (Phi) is 4.87. The van der Waals surface area contributed by atoms with Crippen LogP contribution in [0.25, 0.3) is 0 Å². The normalized spacial score (nSPS) is 19.3. The Balaban J connectivity index is 2.06. The van der Waals surface area contributed by atoms with E-state index in [0.717, 1.165) is 38.4 Å². The molecule has 3 N–H and O–H groups in total. The van der Waals surface area contributed by atoms with E-state index in [1.807, 2.05) is 24.4 Å². The second-order valence-corrected chi connectivity index (χ2v) is 5.50. The van der Waals surface area contributed by atoms with Gasteiger partial charge in [0.2, 0.25) is 0 Å². The lowest BCUT2D eigenvalue weighted by atomic mass is 9.89. The number of hydrazine groups is 1. The summed E-state index contributed by atoms with van der Waals surface area (Å²) in [6, 6.07) is 6.14. The smallest absolute Gasteiger partial charge is 0.0594 e. The van der Waals surface area contributed by atoms with E-state index in [9.17, 15) is 0 Å². The average Bonchev–Trinajstić information content (AvgIpc) is 2.46. The van der Waals surface area contributed by atoms with Gasteiger partial charge in [-0.15, -0.1) is 0 Å². The van der Waals surface area contributed by atoms with Crippen molar-refractivity contribution < 1.29 is 4.74 Å². The van der Waals surface area contributed by atoms with Crippen LogP contribution in [0, 0.1) is 0 Å². The molecule has 1 aliphatic rings. The van der Waals surface area contributed by atoms with E-state index >= 15 is 0 Å². The lowest BCUT2D eigenvalue weighted by Crippen LogP contribution is -2.62. The maximum Gasteiger partial charge on any atom is 0.0594 e. The fourth-order valence-corrected chi connectivity index (χ4v) is 2.60. The van der Waals surface area contributed by atoms with E-state index in [4.69, 9.17) is 10.6 Å². The number of nitrogens with two attached hydrogens (primary N) is 1. The number of aromatic nitrogens is 1. The fraction of sp³-hybridized carbons (Fsp3) is 0.643. The van der Waals surface area contributed by atoms with E-state index < -0.39 is 0 Å². The van der Waals surface area contributed by atoms with Gasteiger partial charge in [0.1, 0.15) is 0 Å². The number of rotatable bonds is 5. The summed E-state index contributed by atoms with van der Waals surface area (Å²) >= 11 is 0. The Hall–Kier alpha value is -1.01. The van der Waals surface area contributed by atoms with Crippen LogP contribution in [0.1, 0.15) is 19.5 Å². The molecule has 1 atom stereocenters. The quantitative estimate of drug-likeness (QED) is 0.601. The van der Waals surface area contributed by atoms with Gasteiger partial charge in [0.25, 0.3) is 0 Å². The Labute approximate surface area is 115 Å². The van der Waals surface area contributed by atoms with Crippen LogP contribution in [0.3, 0.4) is 0 Å². The van der Waals surface area contributed by atoms with Gasteiger partial charge >= 0.3 is 0 Å². The van der Waals surface area contributed by atoms with Crippen molar-refractivity contribution in [1.29, 1.82) is 0 Å². The topological polar surface area (TPSA) is 63.4 Å². The minimum Gasteiger partial charge on any atom is -0.379 e. The molecule has 0 aliphatic carbocycles. The van der Waals surface area contributed by atoms with Crippen molar-refractivity contribution in [1.82, 2.24) is 15.3 Å². The molecule has 0 saturated carbocycles. The van der Waals surface area contributed by atoms with E-state index in [-0.39, 0.29) is 11.6 Å². The standard InChI is InChI=1S/C14H24N4O/c1-14(2,18-7-9-19-10-8-18)13(17-15)11-12-5-3-4-6-16-12/h3-6,13,17H,7-11,15H2,1-2H3. The van der Waals surface area contributed by atoms with Crippen LogP contribution < -0.4 is 11.3 Å². The van der Waals surface area contributed by atoms with Gasteiger partial charge in [-0.2, -0.15) is 0 Å². The SMILES string of the molecule is CC(C)(C(Cc1ccccn1)NN)N1CCOCC1. The highest BCUT2D eigenvalue weighted by molar-refractivity contribution is 5.08. The van der Waals surface area contributed by atoms with E-state index in [1.165, 1.54) is 0 Å². The number of nitrogens with one attached hydrogen (secondary N) is 1. The molecular weight excluding hydrogens is 240 g/mol. The maximum atomic E-state index is 5.78. The van der Waals surface area contributed by atoms with Crippen molar-refractivity contribution in [3.63, 3.8) is 0 Å². The second kappa shape index (κ2) is 6.43. The van der Waals surface area contributed by atoms with Gasteiger partial charge in [-0.1, -0.05) is 6.07 Å². The third-order valence-corrected chi connectivity index (χ3v) is 4.02.